The van der Waals surface area contributed by atoms with Gasteiger partial charge in [-0.2, -0.15) is 0 Å². The third-order valence-corrected chi connectivity index (χ3v) is 3.91. The predicted octanol–water partition coefficient (Wildman–Crippen LogP) is 2.78. The van der Waals surface area contributed by atoms with Crippen molar-refractivity contribution in [2.45, 2.75) is 44.9 Å². The Hall–Kier alpha value is -1.51. The number of anilines is 1. The molecule has 1 saturated carbocycles. The summed E-state index contributed by atoms with van der Waals surface area (Å²) in [6.45, 7) is 3.93. The van der Waals surface area contributed by atoms with Crippen LogP contribution in [0.15, 0.2) is 12.1 Å². The Kier molecular flexibility index (Phi) is 2.86. The summed E-state index contributed by atoms with van der Waals surface area (Å²) in [5.74, 6) is -0.730. The van der Waals surface area contributed by atoms with Crippen LogP contribution < -0.4 is 5.73 Å². The summed E-state index contributed by atoms with van der Waals surface area (Å²) in [7, 11) is 0. The molecule has 17 heavy (non-hydrogen) atoms. The van der Waals surface area contributed by atoms with E-state index in [9.17, 15) is 9.90 Å². The van der Waals surface area contributed by atoms with E-state index in [0.717, 1.165) is 29.5 Å². The summed E-state index contributed by atoms with van der Waals surface area (Å²) in [6.07, 6.45) is 3.35. The fourth-order valence-corrected chi connectivity index (χ4v) is 2.95. The molecule has 0 saturated heterocycles. The maximum absolute atomic E-state index is 11.6. The molecule has 1 aromatic carbocycles. The van der Waals surface area contributed by atoms with Crippen molar-refractivity contribution in [2.75, 3.05) is 5.73 Å². The van der Waals surface area contributed by atoms with E-state index in [1.165, 1.54) is 0 Å². The van der Waals surface area contributed by atoms with Gasteiger partial charge in [-0.25, -0.2) is 0 Å². The van der Waals surface area contributed by atoms with Gasteiger partial charge in [-0.15, -0.1) is 0 Å². The second-order valence-electron chi connectivity index (χ2n) is 5.14. The molecule has 1 aromatic rings. The zero-order valence-electron chi connectivity index (χ0n) is 10.4. The third kappa shape index (κ3) is 1.79. The average molecular weight is 233 g/mol. The summed E-state index contributed by atoms with van der Waals surface area (Å²) in [5, 5.41) is 9.57. The monoisotopic (exact) mass is 233 g/mol. The Bertz CT molecular complexity index is 460. The number of carboxylic acids is 1. The Labute approximate surface area is 102 Å². The number of carbonyl (C=O) groups is 1. The number of aliphatic carboxylic acids is 1. The van der Waals surface area contributed by atoms with Crippen LogP contribution >= 0.6 is 0 Å². The lowest BCUT2D eigenvalue weighted by atomic mass is 9.77. The minimum atomic E-state index is -0.749. The molecule has 0 bridgehead atoms. The second kappa shape index (κ2) is 4.06. The Morgan fingerprint density at radius 2 is 1.88 bits per heavy atom. The average Bonchev–Trinajstić information content (AvgIpc) is 2.73. The van der Waals surface area contributed by atoms with Crippen molar-refractivity contribution in [3.05, 3.63) is 28.8 Å². The van der Waals surface area contributed by atoms with E-state index in [-0.39, 0.29) is 0 Å². The number of nitrogen functional groups attached to an aromatic ring is 1. The Morgan fingerprint density at radius 3 is 2.41 bits per heavy atom. The first kappa shape index (κ1) is 12.0. The van der Waals surface area contributed by atoms with Gasteiger partial charge in [0.05, 0.1) is 5.41 Å². The number of benzene rings is 1. The standard InChI is InChI=1S/C14H19NO2/c1-9-7-10(2)12(15)11(8-9)14(13(16)17)5-3-4-6-14/h7-8H,3-6,15H2,1-2H3,(H,16,17). The van der Waals surface area contributed by atoms with Crippen molar-refractivity contribution < 1.29 is 9.90 Å². The van der Waals surface area contributed by atoms with E-state index in [1.54, 1.807) is 0 Å². The molecule has 2 rings (SSSR count). The Morgan fingerprint density at radius 1 is 1.29 bits per heavy atom. The van der Waals surface area contributed by atoms with Gasteiger partial charge >= 0.3 is 5.97 Å². The molecule has 3 heteroatoms. The molecule has 0 heterocycles. The van der Waals surface area contributed by atoms with E-state index in [1.807, 2.05) is 26.0 Å². The number of hydrogen-bond acceptors (Lipinski definition) is 2. The van der Waals surface area contributed by atoms with Gasteiger partial charge in [0.2, 0.25) is 0 Å². The SMILES string of the molecule is Cc1cc(C)c(N)c(C2(C(=O)O)CCCC2)c1. The maximum atomic E-state index is 11.6. The van der Waals surface area contributed by atoms with E-state index in [4.69, 9.17) is 5.73 Å². The highest BCUT2D eigenvalue weighted by Crippen LogP contribution is 2.44. The van der Waals surface area contributed by atoms with Gasteiger partial charge in [0.15, 0.2) is 0 Å². The van der Waals surface area contributed by atoms with Crippen molar-refractivity contribution >= 4 is 11.7 Å². The molecule has 1 aliphatic rings. The molecule has 1 aliphatic carbocycles. The van der Waals surface area contributed by atoms with E-state index < -0.39 is 11.4 Å². The lowest BCUT2D eigenvalue weighted by molar-refractivity contribution is -0.143. The highest BCUT2D eigenvalue weighted by atomic mass is 16.4. The van der Waals surface area contributed by atoms with Crippen LogP contribution in [-0.4, -0.2) is 11.1 Å². The molecule has 3 nitrogen and oxygen atoms in total. The molecular weight excluding hydrogens is 214 g/mol. The highest BCUT2D eigenvalue weighted by molar-refractivity contribution is 5.84. The molecule has 0 radical (unpaired) electrons. The van der Waals surface area contributed by atoms with Crippen molar-refractivity contribution in [3.63, 3.8) is 0 Å². The van der Waals surface area contributed by atoms with Crippen molar-refractivity contribution in [3.8, 4) is 0 Å². The number of rotatable bonds is 2. The summed E-state index contributed by atoms with van der Waals surface area (Å²) in [4.78, 5) is 11.6. The van der Waals surface area contributed by atoms with Gasteiger partial charge in [-0.1, -0.05) is 30.5 Å². The lowest BCUT2D eigenvalue weighted by Gasteiger charge is -2.27. The van der Waals surface area contributed by atoms with Crippen LogP contribution in [-0.2, 0) is 10.2 Å². The fourth-order valence-electron chi connectivity index (χ4n) is 2.95. The van der Waals surface area contributed by atoms with Crippen molar-refractivity contribution in [1.82, 2.24) is 0 Å². The maximum Gasteiger partial charge on any atom is 0.314 e. The molecule has 1 fully saturated rings. The summed E-state index contributed by atoms with van der Waals surface area (Å²) in [6, 6.07) is 3.95. The lowest BCUT2D eigenvalue weighted by Crippen LogP contribution is -2.33. The van der Waals surface area contributed by atoms with Gasteiger partial charge in [0.25, 0.3) is 0 Å². The zero-order valence-corrected chi connectivity index (χ0v) is 10.4. The van der Waals surface area contributed by atoms with Crippen molar-refractivity contribution in [2.24, 2.45) is 0 Å². The van der Waals surface area contributed by atoms with Crippen LogP contribution in [0.4, 0.5) is 5.69 Å². The van der Waals surface area contributed by atoms with Gasteiger partial charge < -0.3 is 10.8 Å². The first-order valence-corrected chi connectivity index (χ1v) is 6.08. The molecular formula is C14H19NO2. The second-order valence-corrected chi connectivity index (χ2v) is 5.14. The van der Waals surface area contributed by atoms with Crippen LogP contribution in [0.1, 0.15) is 42.4 Å². The van der Waals surface area contributed by atoms with Gasteiger partial charge in [-0.05, 0) is 37.8 Å². The number of carboxylic acid groups (broad SMARTS) is 1. The Balaban J connectivity index is 2.62. The molecule has 3 N–H and O–H groups in total. The van der Waals surface area contributed by atoms with Crippen LogP contribution in [0.3, 0.4) is 0 Å². The minimum Gasteiger partial charge on any atom is -0.481 e. The number of nitrogens with two attached hydrogens (primary N) is 1. The van der Waals surface area contributed by atoms with Gasteiger partial charge in [-0.3, -0.25) is 4.79 Å². The zero-order chi connectivity index (χ0) is 12.6. The van der Waals surface area contributed by atoms with E-state index in [2.05, 4.69) is 0 Å². The summed E-state index contributed by atoms with van der Waals surface area (Å²) in [5.41, 5.74) is 8.88. The smallest absolute Gasteiger partial charge is 0.314 e. The molecule has 92 valence electrons. The van der Waals surface area contributed by atoms with Gasteiger partial charge in [0, 0.05) is 5.69 Å². The van der Waals surface area contributed by atoms with Crippen LogP contribution in [0.25, 0.3) is 0 Å². The van der Waals surface area contributed by atoms with Gasteiger partial charge in [0.1, 0.15) is 0 Å². The highest BCUT2D eigenvalue weighted by Gasteiger charge is 2.44. The predicted molar refractivity (Wildman–Crippen MR) is 68.1 cm³/mol. The molecule has 0 spiro atoms. The molecule has 0 amide bonds. The summed E-state index contributed by atoms with van der Waals surface area (Å²) < 4.78 is 0. The molecule has 0 atom stereocenters. The largest absolute Gasteiger partial charge is 0.481 e. The van der Waals surface area contributed by atoms with Crippen LogP contribution in [0, 0.1) is 13.8 Å². The number of hydrogen-bond donors (Lipinski definition) is 2. The fraction of sp³-hybridized carbons (Fsp3) is 0.500. The normalized spacial score (nSPS) is 18.2. The van der Waals surface area contributed by atoms with E-state index >= 15 is 0 Å². The minimum absolute atomic E-state index is 0.653. The third-order valence-electron chi connectivity index (χ3n) is 3.91. The van der Waals surface area contributed by atoms with E-state index in [0.29, 0.717) is 18.5 Å². The quantitative estimate of drug-likeness (QED) is 0.772. The number of aryl methyl sites for hydroxylation is 2. The molecule has 0 aliphatic heterocycles. The molecule has 0 aromatic heterocycles. The summed E-state index contributed by atoms with van der Waals surface area (Å²) >= 11 is 0. The van der Waals surface area contributed by atoms with Crippen LogP contribution in [0.5, 0.6) is 0 Å². The van der Waals surface area contributed by atoms with Crippen molar-refractivity contribution in [1.29, 1.82) is 0 Å². The topological polar surface area (TPSA) is 63.3 Å². The first-order valence-electron chi connectivity index (χ1n) is 6.08. The van der Waals surface area contributed by atoms with Crippen LogP contribution in [0.2, 0.25) is 0 Å². The first-order chi connectivity index (χ1) is 7.97. The molecule has 0 unspecified atom stereocenters.